The third kappa shape index (κ3) is 4.36. The molecule has 0 atom stereocenters. The Morgan fingerprint density at radius 1 is 0.939 bits per heavy atom. The van der Waals surface area contributed by atoms with Gasteiger partial charge in [-0.2, -0.15) is 4.31 Å². The number of fused-ring (bicyclic) bond motifs is 1. The quantitative estimate of drug-likeness (QED) is 0.469. The lowest BCUT2D eigenvalue weighted by Crippen LogP contribution is -2.33. The molecule has 1 fully saturated rings. The van der Waals surface area contributed by atoms with E-state index in [1.54, 1.807) is 12.1 Å². The van der Waals surface area contributed by atoms with Gasteiger partial charge < -0.3 is 9.47 Å². The molecule has 33 heavy (non-hydrogen) atoms. The predicted molar refractivity (Wildman–Crippen MR) is 117 cm³/mol. The van der Waals surface area contributed by atoms with Gasteiger partial charge in [0.15, 0.2) is 6.73 Å². The maximum atomic E-state index is 13.3. The summed E-state index contributed by atoms with van der Waals surface area (Å²) < 4.78 is 38.4. The topological polar surface area (TPSA) is 110 Å². The zero-order chi connectivity index (χ0) is 23.6. The molecule has 2 amide bonds. The van der Waals surface area contributed by atoms with Gasteiger partial charge in [-0.3, -0.25) is 9.59 Å². The average Bonchev–Trinajstić information content (AvgIpc) is 3.02. The van der Waals surface area contributed by atoms with Gasteiger partial charge in [-0.1, -0.05) is 25.0 Å². The molecular weight excluding hydrogens is 448 g/mol. The molecule has 1 saturated heterocycles. The lowest BCUT2D eigenvalue weighted by molar-refractivity contribution is 0.0228. The Morgan fingerprint density at radius 3 is 2.12 bits per heavy atom. The second-order valence-corrected chi connectivity index (χ2v) is 9.74. The Kier molecular flexibility index (Phi) is 6.48. The summed E-state index contributed by atoms with van der Waals surface area (Å²) in [7, 11) is -2.53. The SMILES string of the molecule is COc1ccc(C(=O)OCN2C(=O)c3ccccc3C2=O)cc1S(=O)(=O)N1CCCCCC1. The lowest BCUT2D eigenvalue weighted by atomic mass is 10.1. The number of amides is 2. The van der Waals surface area contributed by atoms with Crippen LogP contribution < -0.4 is 4.74 Å². The molecule has 0 spiro atoms. The van der Waals surface area contributed by atoms with E-state index in [0.717, 1.165) is 30.6 Å². The summed E-state index contributed by atoms with van der Waals surface area (Å²) in [5, 5.41) is 0. The second-order valence-electron chi connectivity index (χ2n) is 7.83. The highest BCUT2D eigenvalue weighted by Crippen LogP contribution is 2.30. The van der Waals surface area contributed by atoms with Gasteiger partial charge in [0.25, 0.3) is 11.8 Å². The van der Waals surface area contributed by atoms with Crippen LogP contribution in [-0.2, 0) is 14.8 Å². The lowest BCUT2D eigenvalue weighted by Gasteiger charge is -2.21. The molecule has 0 aliphatic carbocycles. The van der Waals surface area contributed by atoms with Gasteiger partial charge in [0.2, 0.25) is 10.0 Å². The number of imide groups is 1. The van der Waals surface area contributed by atoms with E-state index in [-0.39, 0.29) is 27.3 Å². The fourth-order valence-electron chi connectivity index (χ4n) is 3.99. The normalized spacial score (nSPS) is 16.9. The molecule has 2 aromatic carbocycles. The number of methoxy groups -OCH3 is 1. The number of rotatable bonds is 6. The Balaban J connectivity index is 1.53. The maximum absolute atomic E-state index is 13.3. The summed E-state index contributed by atoms with van der Waals surface area (Å²) in [6, 6.07) is 10.3. The number of nitrogens with zero attached hydrogens (tertiary/aromatic N) is 2. The molecule has 0 N–H and O–H groups in total. The van der Waals surface area contributed by atoms with Crippen LogP contribution in [0.2, 0.25) is 0 Å². The number of sulfonamides is 1. The molecule has 2 aliphatic heterocycles. The molecule has 174 valence electrons. The van der Waals surface area contributed by atoms with Gasteiger partial charge in [0.05, 0.1) is 23.8 Å². The fourth-order valence-corrected chi connectivity index (χ4v) is 5.69. The van der Waals surface area contributed by atoms with E-state index < -0.39 is 34.5 Å². The van der Waals surface area contributed by atoms with Gasteiger partial charge in [-0.15, -0.1) is 0 Å². The van der Waals surface area contributed by atoms with Crippen molar-refractivity contribution in [1.82, 2.24) is 9.21 Å². The molecule has 10 heteroatoms. The highest BCUT2D eigenvalue weighted by Gasteiger charge is 2.36. The Labute approximate surface area is 191 Å². The standard InChI is InChI=1S/C23H24N2O7S/c1-31-19-11-10-16(14-20(19)33(29,30)24-12-6-2-3-7-13-24)23(28)32-15-25-21(26)17-8-4-5-9-18(17)22(25)27/h4-5,8-11,14H,2-3,6-7,12-13,15H2,1H3. The van der Waals surface area contributed by atoms with Gasteiger partial charge in [-0.05, 0) is 43.2 Å². The van der Waals surface area contributed by atoms with E-state index in [4.69, 9.17) is 9.47 Å². The zero-order valence-electron chi connectivity index (χ0n) is 18.2. The van der Waals surface area contributed by atoms with Crippen LogP contribution in [0.4, 0.5) is 0 Å². The number of esters is 1. The molecule has 9 nitrogen and oxygen atoms in total. The Bertz CT molecular complexity index is 1170. The first-order valence-electron chi connectivity index (χ1n) is 10.6. The van der Waals surface area contributed by atoms with E-state index in [1.165, 1.54) is 41.7 Å². The summed E-state index contributed by atoms with van der Waals surface area (Å²) in [4.78, 5) is 38.3. The summed E-state index contributed by atoms with van der Waals surface area (Å²) >= 11 is 0. The monoisotopic (exact) mass is 472 g/mol. The third-order valence-corrected chi connectivity index (χ3v) is 7.70. The second kappa shape index (κ2) is 9.32. The highest BCUT2D eigenvalue weighted by atomic mass is 32.2. The van der Waals surface area contributed by atoms with Crippen LogP contribution in [0.15, 0.2) is 47.4 Å². The first kappa shape index (κ1) is 22.9. The van der Waals surface area contributed by atoms with Crippen LogP contribution in [0.5, 0.6) is 5.75 Å². The molecule has 0 saturated carbocycles. The van der Waals surface area contributed by atoms with Crippen molar-refractivity contribution in [3.63, 3.8) is 0 Å². The maximum Gasteiger partial charge on any atom is 0.339 e. The van der Waals surface area contributed by atoms with Crippen molar-refractivity contribution in [1.29, 1.82) is 0 Å². The molecule has 2 aromatic rings. The Hall–Kier alpha value is -3.24. The number of ether oxygens (including phenoxy) is 2. The van der Waals surface area contributed by atoms with Crippen LogP contribution >= 0.6 is 0 Å². The van der Waals surface area contributed by atoms with Gasteiger partial charge in [-0.25, -0.2) is 18.1 Å². The number of carbonyl (C=O) groups excluding carboxylic acids is 3. The first-order valence-corrected chi connectivity index (χ1v) is 12.1. The van der Waals surface area contributed by atoms with Crippen molar-refractivity contribution in [2.24, 2.45) is 0 Å². The van der Waals surface area contributed by atoms with Gasteiger partial charge in [0.1, 0.15) is 10.6 Å². The minimum absolute atomic E-state index is 0.0270. The molecule has 0 radical (unpaired) electrons. The number of hydrogen-bond donors (Lipinski definition) is 0. The van der Waals surface area contributed by atoms with Crippen molar-refractivity contribution in [2.45, 2.75) is 30.6 Å². The Morgan fingerprint density at radius 2 is 1.55 bits per heavy atom. The van der Waals surface area contributed by atoms with Crippen molar-refractivity contribution in [3.8, 4) is 5.75 Å². The van der Waals surface area contributed by atoms with Crippen LogP contribution in [-0.4, -0.2) is 62.3 Å². The van der Waals surface area contributed by atoms with Crippen LogP contribution in [0.25, 0.3) is 0 Å². The largest absolute Gasteiger partial charge is 0.495 e. The smallest absolute Gasteiger partial charge is 0.339 e. The highest BCUT2D eigenvalue weighted by molar-refractivity contribution is 7.89. The molecule has 0 unspecified atom stereocenters. The zero-order valence-corrected chi connectivity index (χ0v) is 19.0. The van der Waals surface area contributed by atoms with Crippen molar-refractivity contribution < 1.29 is 32.3 Å². The van der Waals surface area contributed by atoms with Crippen LogP contribution in [0.1, 0.15) is 56.8 Å². The molecule has 4 rings (SSSR count). The summed E-state index contributed by atoms with van der Waals surface area (Å²) in [6.45, 7) is 0.227. The molecule has 0 bridgehead atoms. The average molecular weight is 473 g/mol. The number of hydrogen-bond acceptors (Lipinski definition) is 7. The van der Waals surface area contributed by atoms with E-state index >= 15 is 0 Å². The predicted octanol–water partition coefficient (Wildman–Crippen LogP) is 2.67. The van der Waals surface area contributed by atoms with Gasteiger partial charge in [0, 0.05) is 13.1 Å². The van der Waals surface area contributed by atoms with Crippen LogP contribution in [0, 0.1) is 0 Å². The van der Waals surface area contributed by atoms with Crippen molar-refractivity contribution >= 4 is 27.8 Å². The summed E-state index contributed by atoms with van der Waals surface area (Å²) in [6.07, 6.45) is 3.47. The first-order chi connectivity index (χ1) is 15.8. The number of benzene rings is 2. The molecule has 0 aromatic heterocycles. The van der Waals surface area contributed by atoms with Crippen molar-refractivity contribution in [3.05, 3.63) is 59.2 Å². The minimum atomic E-state index is -3.89. The van der Waals surface area contributed by atoms with E-state index in [2.05, 4.69) is 0 Å². The minimum Gasteiger partial charge on any atom is -0.495 e. The summed E-state index contributed by atoms with van der Waals surface area (Å²) in [5.74, 6) is -1.84. The molecule has 2 aliphatic rings. The third-order valence-electron chi connectivity index (χ3n) is 5.79. The summed E-state index contributed by atoms with van der Waals surface area (Å²) in [5.41, 5.74) is 0.462. The van der Waals surface area contributed by atoms with Crippen LogP contribution in [0.3, 0.4) is 0 Å². The molecule has 2 heterocycles. The van der Waals surface area contributed by atoms with Crippen molar-refractivity contribution in [2.75, 3.05) is 26.9 Å². The van der Waals surface area contributed by atoms with Gasteiger partial charge >= 0.3 is 5.97 Å². The number of carbonyl (C=O) groups is 3. The van der Waals surface area contributed by atoms with E-state index in [9.17, 15) is 22.8 Å². The fraction of sp³-hybridized carbons (Fsp3) is 0.348. The van der Waals surface area contributed by atoms with E-state index in [0.29, 0.717) is 13.1 Å². The van der Waals surface area contributed by atoms with E-state index in [1.807, 2.05) is 0 Å². The molecular formula is C23H24N2O7S.